The van der Waals surface area contributed by atoms with Crippen LogP contribution < -0.4 is 0 Å². The molecule has 0 saturated carbocycles. The smallest absolute Gasteiger partial charge is 0.123 e. The molecule has 0 bridgehead atoms. The van der Waals surface area contributed by atoms with E-state index in [1.54, 1.807) is 11.8 Å². The van der Waals surface area contributed by atoms with Crippen LogP contribution in [0.5, 0.6) is 0 Å². The van der Waals surface area contributed by atoms with Gasteiger partial charge in [0, 0.05) is 4.90 Å². The van der Waals surface area contributed by atoms with Crippen LogP contribution in [0, 0.1) is 11.3 Å². The summed E-state index contributed by atoms with van der Waals surface area (Å²) in [5.74, 6) is 0. The molecule has 0 saturated heterocycles. The van der Waals surface area contributed by atoms with Crippen molar-refractivity contribution in [2.75, 3.05) is 20.4 Å². The van der Waals surface area contributed by atoms with E-state index in [4.69, 9.17) is 5.26 Å². The first-order valence-electron chi connectivity index (χ1n) is 4.39. The highest BCUT2D eigenvalue weighted by Crippen LogP contribution is 2.21. The summed E-state index contributed by atoms with van der Waals surface area (Å²) in [6.07, 6.45) is 2.04. The summed E-state index contributed by atoms with van der Waals surface area (Å²) in [5.41, 5.74) is 1.05. The number of thioether (sulfide) groups is 1. The van der Waals surface area contributed by atoms with E-state index >= 15 is 0 Å². The van der Waals surface area contributed by atoms with Crippen molar-refractivity contribution in [1.29, 1.82) is 5.26 Å². The first kappa shape index (κ1) is 11.1. The second-order valence-electron chi connectivity index (χ2n) is 3.27. The fourth-order valence-electron chi connectivity index (χ4n) is 1.27. The lowest BCUT2D eigenvalue weighted by molar-refractivity contribution is 0.358. The van der Waals surface area contributed by atoms with Crippen LogP contribution in [0.25, 0.3) is 0 Å². The number of rotatable bonds is 3. The van der Waals surface area contributed by atoms with Gasteiger partial charge in [-0.25, -0.2) is 0 Å². The highest BCUT2D eigenvalue weighted by Gasteiger charge is 2.11. The van der Waals surface area contributed by atoms with Gasteiger partial charge in [-0.3, -0.25) is 4.90 Å². The molecule has 1 aromatic carbocycles. The Labute approximate surface area is 89.5 Å². The first-order valence-corrected chi connectivity index (χ1v) is 5.61. The number of hydrogen-bond donors (Lipinski definition) is 0. The van der Waals surface area contributed by atoms with Gasteiger partial charge in [0.15, 0.2) is 0 Å². The molecule has 0 N–H and O–H groups in total. The zero-order valence-electron chi connectivity index (χ0n) is 8.69. The van der Waals surface area contributed by atoms with Crippen molar-refractivity contribution in [3.8, 4) is 6.07 Å². The summed E-state index contributed by atoms with van der Waals surface area (Å²) >= 11 is 1.71. The SMILES string of the molecule is CSc1ccc(C(C#N)N(C)C)cc1. The summed E-state index contributed by atoms with van der Waals surface area (Å²) in [5, 5.41) is 8.98. The van der Waals surface area contributed by atoms with Gasteiger partial charge in [0.2, 0.25) is 0 Å². The van der Waals surface area contributed by atoms with Crippen molar-refractivity contribution in [2.24, 2.45) is 0 Å². The predicted molar refractivity (Wildman–Crippen MR) is 60.3 cm³/mol. The molecule has 3 heteroatoms. The van der Waals surface area contributed by atoms with Gasteiger partial charge in [0.05, 0.1) is 6.07 Å². The molecule has 0 aromatic heterocycles. The lowest BCUT2D eigenvalue weighted by atomic mass is 10.1. The Balaban J connectivity index is 2.91. The van der Waals surface area contributed by atoms with Crippen LogP contribution in [0.4, 0.5) is 0 Å². The Morgan fingerprint density at radius 3 is 2.21 bits per heavy atom. The third kappa shape index (κ3) is 2.50. The molecule has 2 nitrogen and oxygen atoms in total. The lowest BCUT2D eigenvalue weighted by Crippen LogP contribution is -2.18. The van der Waals surface area contributed by atoms with Gasteiger partial charge in [-0.1, -0.05) is 12.1 Å². The van der Waals surface area contributed by atoms with Gasteiger partial charge in [0.1, 0.15) is 6.04 Å². The second kappa shape index (κ2) is 5.04. The maximum Gasteiger partial charge on any atom is 0.123 e. The average Bonchev–Trinajstić information content (AvgIpc) is 2.19. The predicted octanol–water partition coefficient (Wildman–Crippen LogP) is 2.53. The van der Waals surface area contributed by atoms with Crippen molar-refractivity contribution in [3.05, 3.63) is 29.8 Å². The van der Waals surface area contributed by atoms with Gasteiger partial charge >= 0.3 is 0 Å². The maximum atomic E-state index is 8.98. The first-order chi connectivity index (χ1) is 6.69. The standard InChI is InChI=1S/C11H14N2S/c1-13(2)11(8-12)9-4-6-10(14-3)7-5-9/h4-7,11H,1-3H3. The highest BCUT2D eigenvalue weighted by atomic mass is 32.2. The molecule has 74 valence electrons. The van der Waals surface area contributed by atoms with Gasteiger partial charge in [-0.15, -0.1) is 11.8 Å². The van der Waals surface area contributed by atoms with E-state index in [1.807, 2.05) is 49.5 Å². The van der Waals surface area contributed by atoms with Gasteiger partial charge < -0.3 is 0 Å². The van der Waals surface area contributed by atoms with E-state index in [9.17, 15) is 0 Å². The van der Waals surface area contributed by atoms with Crippen LogP contribution in [-0.2, 0) is 0 Å². The minimum atomic E-state index is -0.147. The van der Waals surface area contributed by atoms with Crippen LogP contribution in [0.2, 0.25) is 0 Å². The topological polar surface area (TPSA) is 27.0 Å². The molecule has 0 fully saturated rings. The number of benzene rings is 1. The van der Waals surface area contributed by atoms with Crippen molar-refractivity contribution in [1.82, 2.24) is 4.90 Å². The van der Waals surface area contributed by atoms with E-state index in [0.717, 1.165) is 5.56 Å². The normalized spacial score (nSPS) is 12.5. The van der Waals surface area contributed by atoms with E-state index in [0.29, 0.717) is 0 Å². The second-order valence-corrected chi connectivity index (χ2v) is 4.15. The summed E-state index contributed by atoms with van der Waals surface area (Å²) < 4.78 is 0. The number of hydrogen-bond acceptors (Lipinski definition) is 3. The highest BCUT2D eigenvalue weighted by molar-refractivity contribution is 7.98. The number of nitrogens with zero attached hydrogens (tertiary/aromatic N) is 2. The average molecular weight is 206 g/mol. The van der Waals surface area contributed by atoms with Crippen LogP contribution in [-0.4, -0.2) is 25.3 Å². The van der Waals surface area contributed by atoms with Crippen LogP contribution in [0.15, 0.2) is 29.2 Å². The van der Waals surface area contributed by atoms with Crippen LogP contribution in [0.1, 0.15) is 11.6 Å². The minimum Gasteiger partial charge on any atom is -0.291 e. The molecule has 0 aliphatic carbocycles. The fraction of sp³-hybridized carbons (Fsp3) is 0.364. The largest absolute Gasteiger partial charge is 0.291 e. The molecule has 14 heavy (non-hydrogen) atoms. The van der Waals surface area contributed by atoms with Crippen molar-refractivity contribution in [3.63, 3.8) is 0 Å². The fourth-order valence-corrected chi connectivity index (χ4v) is 1.68. The van der Waals surface area contributed by atoms with Gasteiger partial charge in [0.25, 0.3) is 0 Å². The molecule has 1 aromatic rings. The molecule has 0 heterocycles. The quantitative estimate of drug-likeness (QED) is 0.711. The minimum absolute atomic E-state index is 0.147. The van der Waals surface area contributed by atoms with Gasteiger partial charge in [-0.2, -0.15) is 5.26 Å². The maximum absolute atomic E-state index is 8.98. The Morgan fingerprint density at radius 1 is 1.29 bits per heavy atom. The monoisotopic (exact) mass is 206 g/mol. The lowest BCUT2D eigenvalue weighted by Gasteiger charge is -2.17. The van der Waals surface area contributed by atoms with E-state index in [2.05, 4.69) is 6.07 Å². The Kier molecular flexibility index (Phi) is 3.99. The van der Waals surface area contributed by atoms with E-state index in [1.165, 1.54) is 4.90 Å². The molecule has 1 atom stereocenters. The molecule has 0 radical (unpaired) electrons. The Morgan fingerprint density at radius 2 is 1.86 bits per heavy atom. The van der Waals surface area contributed by atoms with Crippen molar-refractivity contribution in [2.45, 2.75) is 10.9 Å². The molecule has 0 spiro atoms. The molecular formula is C11H14N2S. The number of nitriles is 1. The summed E-state index contributed by atoms with van der Waals surface area (Å²) in [6.45, 7) is 0. The molecule has 0 amide bonds. The van der Waals surface area contributed by atoms with Crippen molar-refractivity contribution >= 4 is 11.8 Å². The molecule has 1 unspecified atom stereocenters. The van der Waals surface area contributed by atoms with Gasteiger partial charge in [-0.05, 0) is 38.0 Å². The zero-order valence-corrected chi connectivity index (χ0v) is 9.51. The third-order valence-corrected chi connectivity index (χ3v) is 2.81. The van der Waals surface area contributed by atoms with Crippen LogP contribution in [0.3, 0.4) is 0 Å². The summed E-state index contributed by atoms with van der Waals surface area (Å²) in [7, 11) is 3.83. The summed E-state index contributed by atoms with van der Waals surface area (Å²) in [4.78, 5) is 3.14. The van der Waals surface area contributed by atoms with E-state index < -0.39 is 0 Å². The third-order valence-electron chi connectivity index (χ3n) is 2.07. The molecule has 0 aliphatic heterocycles. The Bertz CT molecular complexity index is 324. The molecule has 0 aliphatic rings. The zero-order chi connectivity index (χ0) is 10.6. The molecule has 1 rings (SSSR count). The van der Waals surface area contributed by atoms with Crippen molar-refractivity contribution < 1.29 is 0 Å². The van der Waals surface area contributed by atoms with E-state index in [-0.39, 0.29) is 6.04 Å². The summed E-state index contributed by atoms with van der Waals surface area (Å²) in [6, 6.07) is 10.3. The van der Waals surface area contributed by atoms with Crippen LogP contribution >= 0.6 is 11.8 Å². The molecular weight excluding hydrogens is 192 g/mol. The Hall–Kier alpha value is -0.980.